The molecule has 0 bridgehead atoms. The molecule has 0 aromatic heterocycles. The van der Waals surface area contributed by atoms with E-state index < -0.39 is 26.8 Å². The summed E-state index contributed by atoms with van der Waals surface area (Å²) in [6, 6.07) is 6.59. The van der Waals surface area contributed by atoms with E-state index in [1.807, 2.05) is 0 Å². The van der Waals surface area contributed by atoms with Crippen LogP contribution >= 0.6 is 34.8 Å². The summed E-state index contributed by atoms with van der Waals surface area (Å²) in [6.45, 7) is 3.16. The fraction of sp³-hybridized carbons (Fsp3) is 0.125. The van der Waals surface area contributed by atoms with Crippen molar-refractivity contribution in [1.29, 1.82) is 0 Å². The fourth-order valence-electron chi connectivity index (χ4n) is 2.14. The summed E-state index contributed by atoms with van der Waals surface area (Å²) in [5, 5.41) is -0.551. The molecule has 0 amide bonds. The zero-order chi connectivity index (χ0) is 19.7. The summed E-state index contributed by atoms with van der Waals surface area (Å²) < 4.78 is 66.0. The van der Waals surface area contributed by atoms with E-state index in [-0.39, 0.29) is 27.2 Å². The van der Waals surface area contributed by atoms with Gasteiger partial charge < -0.3 is 0 Å². The average Bonchev–Trinajstić information content (AvgIpc) is 2.54. The van der Waals surface area contributed by atoms with E-state index in [0.29, 0.717) is 6.07 Å². The van der Waals surface area contributed by atoms with Crippen molar-refractivity contribution in [2.75, 3.05) is 10.8 Å². The third-order valence-corrected chi connectivity index (χ3v) is 6.14. The zero-order valence-corrected chi connectivity index (χ0v) is 16.0. The normalized spacial score (nSPS) is 12.1. The van der Waals surface area contributed by atoms with Crippen LogP contribution in [0, 0.1) is 0 Å². The van der Waals surface area contributed by atoms with Crippen LogP contribution < -0.4 is 4.31 Å². The van der Waals surface area contributed by atoms with Gasteiger partial charge in [-0.15, -0.1) is 6.58 Å². The highest BCUT2D eigenvalue weighted by molar-refractivity contribution is 7.93. The molecule has 0 atom stereocenters. The first-order chi connectivity index (χ1) is 12.0. The maximum Gasteiger partial charge on any atom is 0.417 e. The highest BCUT2D eigenvalue weighted by Gasteiger charge is 2.35. The van der Waals surface area contributed by atoms with E-state index in [1.54, 1.807) is 0 Å². The van der Waals surface area contributed by atoms with Crippen LogP contribution in [0.2, 0.25) is 15.1 Å². The number of rotatable bonds is 5. The molecular weight excluding hydrogens is 434 g/mol. The number of nitrogens with zero attached hydrogens (tertiary/aromatic N) is 1. The molecule has 0 fully saturated rings. The van der Waals surface area contributed by atoms with Gasteiger partial charge in [-0.1, -0.05) is 40.9 Å². The number of benzene rings is 2. The molecule has 0 heterocycles. The molecule has 0 saturated carbocycles. The SMILES string of the molecule is C=CCN(c1ccc(Cl)c(C(F)(F)F)c1)S(=O)(=O)c1cc(Cl)ccc1Cl. The van der Waals surface area contributed by atoms with Crippen LogP contribution in [-0.4, -0.2) is 15.0 Å². The Morgan fingerprint density at radius 1 is 1.04 bits per heavy atom. The summed E-state index contributed by atoms with van der Waals surface area (Å²) in [7, 11) is -4.31. The Hall–Kier alpha value is -1.41. The fourth-order valence-corrected chi connectivity index (χ4v) is 4.53. The van der Waals surface area contributed by atoms with Crippen molar-refractivity contribution in [3.63, 3.8) is 0 Å². The molecular formula is C16H11Cl3F3NO2S. The molecule has 0 radical (unpaired) electrons. The summed E-state index contributed by atoms with van der Waals surface area (Å²) in [6.07, 6.45) is -3.51. The predicted molar refractivity (Wildman–Crippen MR) is 97.6 cm³/mol. The van der Waals surface area contributed by atoms with Crippen LogP contribution in [0.25, 0.3) is 0 Å². The highest BCUT2D eigenvalue weighted by atomic mass is 35.5. The number of anilines is 1. The second kappa shape index (κ2) is 7.68. The van der Waals surface area contributed by atoms with Gasteiger partial charge in [-0.2, -0.15) is 13.2 Å². The largest absolute Gasteiger partial charge is 0.417 e. The number of sulfonamides is 1. The molecule has 0 aliphatic heterocycles. The Bertz CT molecular complexity index is 946. The van der Waals surface area contributed by atoms with Gasteiger partial charge in [0.2, 0.25) is 0 Å². The molecule has 0 aliphatic carbocycles. The topological polar surface area (TPSA) is 37.4 Å². The van der Waals surface area contributed by atoms with Crippen LogP contribution in [0.1, 0.15) is 5.56 Å². The van der Waals surface area contributed by atoms with E-state index in [1.165, 1.54) is 18.2 Å². The molecule has 2 rings (SSSR count). The first-order valence-corrected chi connectivity index (χ1v) is 9.51. The van der Waals surface area contributed by atoms with Crippen LogP contribution in [0.3, 0.4) is 0 Å². The maximum absolute atomic E-state index is 13.1. The number of halogens is 6. The minimum Gasteiger partial charge on any atom is -0.262 e. The number of hydrogen-bond acceptors (Lipinski definition) is 2. The van der Waals surface area contributed by atoms with Gasteiger partial charge in [0.1, 0.15) is 4.90 Å². The van der Waals surface area contributed by atoms with E-state index >= 15 is 0 Å². The van der Waals surface area contributed by atoms with Gasteiger partial charge in [-0.05, 0) is 36.4 Å². The predicted octanol–water partition coefficient (Wildman–Crippen LogP) is 6.05. The van der Waals surface area contributed by atoms with E-state index in [4.69, 9.17) is 34.8 Å². The Morgan fingerprint density at radius 3 is 2.23 bits per heavy atom. The van der Waals surface area contributed by atoms with Crippen molar-refractivity contribution in [2.45, 2.75) is 11.1 Å². The molecule has 10 heteroatoms. The molecule has 2 aromatic carbocycles. The van der Waals surface area contributed by atoms with Gasteiger partial charge in [0.25, 0.3) is 10.0 Å². The minimum absolute atomic E-state index is 0.110. The van der Waals surface area contributed by atoms with Gasteiger partial charge in [-0.3, -0.25) is 4.31 Å². The second-order valence-electron chi connectivity index (χ2n) is 5.06. The number of hydrogen-bond donors (Lipinski definition) is 0. The lowest BCUT2D eigenvalue weighted by molar-refractivity contribution is -0.137. The summed E-state index contributed by atoms with van der Waals surface area (Å²) in [5.41, 5.74) is -1.39. The van der Waals surface area contributed by atoms with Crippen molar-refractivity contribution in [2.24, 2.45) is 0 Å². The Balaban J connectivity index is 2.66. The maximum atomic E-state index is 13.1. The van der Waals surface area contributed by atoms with Crippen molar-refractivity contribution in [3.05, 3.63) is 69.7 Å². The van der Waals surface area contributed by atoms with Crippen molar-refractivity contribution in [3.8, 4) is 0 Å². The van der Waals surface area contributed by atoms with Gasteiger partial charge in [0.05, 0.1) is 27.8 Å². The van der Waals surface area contributed by atoms with Crippen LogP contribution in [-0.2, 0) is 16.2 Å². The highest BCUT2D eigenvalue weighted by Crippen LogP contribution is 2.38. The standard InChI is InChI=1S/C16H11Cl3F3NO2S/c1-2-7-23(11-4-6-13(18)12(9-11)16(20,21)22)26(24,25)15-8-10(17)3-5-14(15)19/h2-6,8-9H,1,7H2. The molecule has 0 N–H and O–H groups in total. The lowest BCUT2D eigenvalue weighted by Gasteiger charge is -2.25. The van der Waals surface area contributed by atoms with Crippen molar-refractivity contribution in [1.82, 2.24) is 0 Å². The van der Waals surface area contributed by atoms with E-state index in [9.17, 15) is 21.6 Å². The quantitative estimate of drug-likeness (QED) is 0.527. The average molecular weight is 445 g/mol. The Morgan fingerprint density at radius 2 is 1.65 bits per heavy atom. The zero-order valence-electron chi connectivity index (χ0n) is 12.9. The second-order valence-corrected chi connectivity index (χ2v) is 8.14. The van der Waals surface area contributed by atoms with Crippen LogP contribution in [0.15, 0.2) is 53.9 Å². The Kier molecular flexibility index (Phi) is 6.17. The molecule has 0 aliphatic rings. The van der Waals surface area contributed by atoms with Gasteiger partial charge in [0, 0.05) is 5.02 Å². The molecule has 0 unspecified atom stereocenters. The molecule has 2 aromatic rings. The first-order valence-electron chi connectivity index (χ1n) is 6.94. The first kappa shape index (κ1) is 20.9. The molecule has 26 heavy (non-hydrogen) atoms. The third-order valence-electron chi connectivity index (χ3n) is 3.30. The third kappa shape index (κ3) is 4.28. The van der Waals surface area contributed by atoms with Gasteiger partial charge >= 0.3 is 6.18 Å². The number of alkyl halides is 3. The molecule has 140 valence electrons. The van der Waals surface area contributed by atoms with Crippen LogP contribution in [0.4, 0.5) is 18.9 Å². The smallest absolute Gasteiger partial charge is 0.262 e. The molecule has 0 saturated heterocycles. The van der Waals surface area contributed by atoms with Crippen molar-refractivity contribution < 1.29 is 21.6 Å². The minimum atomic E-state index is -4.75. The van der Waals surface area contributed by atoms with E-state index in [0.717, 1.165) is 22.5 Å². The van der Waals surface area contributed by atoms with Gasteiger partial charge in [-0.25, -0.2) is 8.42 Å². The van der Waals surface area contributed by atoms with Gasteiger partial charge in [0.15, 0.2) is 0 Å². The van der Waals surface area contributed by atoms with Crippen LogP contribution in [0.5, 0.6) is 0 Å². The van der Waals surface area contributed by atoms with Crippen molar-refractivity contribution >= 4 is 50.5 Å². The molecule has 3 nitrogen and oxygen atoms in total. The molecule has 0 spiro atoms. The summed E-state index contributed by atoms with van der Waals surface area (Å²) in [5.74, 6) is 0. The lowest BCUT2D eigenvalue weighted by atomic mass is 10.2. The summed E-state index contributed by atoms with van der Waals surface area (Å²) >= 11 is 17.4. The lowest BCUT2D eigenvalue weighted by Crippen LogP contribution is -2.31. The summed E-state index contributed by atoms with van der Waals surface area (Å²) in [4.78, 5) is -0.336. The monoisotopic (exact) mass is 443 g/mol. The Labute approximate surface area is 163 Å². The van der Waals surface area contributed by atoms with E-state index in [2.05, 4.69) is 6.58 Å².